The highest BCUT2D eigenvalue weighted by Crippen LogP contribution is 2.18. The quantitative estimate of drug-likeness (QED) is 0.882. The number of hydrogen-bond donors (Lipinski definition) is 1. The lowest BCUT2D eigenvalue weighted by Crippen LogP contribution is -2.38. The second-order valence-corrected chi connectivity index (χ2v) is 6.88. The summed E-state index contributed by atoms with van der Waals surface area (Å²) in [6.45, 7) is 4.01. The fourth-order valence-corrected chi connectivity index (χ4v) is 3.17. The lowest BCUT2D eigenvalue weighted by atomic mass is 9.99. The van der Waals surface area contributed by atoms with Gasteiger partial charge in [-0.2, -0.15) is 0 Å². The summed E-state index contributed by atoms with van der Waals surface area (Å²) in [5.41, 5.74) is 1.43. The van der Waals surface area contributed by atoms with Gasteiger partial charge in [0.2, 0.25) is 0 Å². The topological polar surface area (TPSA) is 71.5 Å². The summed E-state index contributed by atoms with van der Waals surface area (Å²) < 4.78 is 5.29. The molecule has 1 aliphatic heterocycles. The van der Waals surface area contributed by atoms with Gasteiger partial charge >= 0.3 is 0 Å². The zero-order valence-electron chi connectivity index (χ0n) is 15.8. The molecule has 3 rings (SSSR count). The molecule has 2 heterocycles. The summed E-state index contributed by atoms with van der Waals surface area (Å²) in [4.78, 5) is 31.2. The highest BCUT2D eigenvalue weighted by Gasteiger charge is 2.23. The first kappa shape index (κ1) is 18.9. The van der Waals surface area contributed by atoms with E-state index in [0.717, 1.165) is 31.5 Å². The molecule has 142 valence electrons. The van der Waals surface area contributed by atoms with Gasteiger partial charge in [0.05, 0.1) is 7.11 Å². The van der Waals surface area contributed by atoms with Crippen molar-refractivity contribution in [2.45, 2.75) is 26.3 Å². The summed E-state index contributed by atoms with van der Waals surface area (Å²) in [7, 11) is 1.60. The second-order valence-electron chi connectivity index (χ2n) is 6.88. The molecule has 1 saturated heterocycles. The zero-order chi connectivity index (χ0) is 19.2. The molecule has 6 heteroatoms. The molecule has 1 aromatic heterocycles. The Morgan fingerprint density at radius 1 is 1.11 bits per heavy atom. The molecule has 0 bridgehead atoms. The van der Waals surface area contributed by atoms with E-state index in [4.69, 9.17) is 4.74 Å². The Bertz CT molecular complexity index is 814. The smallest absolute Gasteiger partial charge is 0.272 e. The van der Waals surface area contributed by atoms with Crippen molar-refractivity contribution < 1.29 is 14.3 Å². The number of amides is 2. The van der Waals surface area contributed by atoms with Gasteiger partial charge in [0.1, 0.15) is 17.1 Å². The van der Waals surface area contributed by atoms with Gasteiger partial charge in [-0.05, 0) is 37.0 Å². The molecular formula is C21H25N3O3. The molecule has 2 amide bonds. The van der Waals surface area contributed by atoms with Crippen molar-refractivity contribution in [3.63, 3.8) is 0 Å². The zero-order valence-corrected chi connectivity index (χ0v) is 15.8. The van der Waals surface area contributed by atoms with Crippen molar-refractivity contribution in [2.24, 2.45) is 5.92 Å². The van der Waals surface area contributed by atoms with Crippen molar-refractivity contribution in [1.82, 2.24) is 15.2 Å². The van der Waals surface area contributed by atoms with Crippen molar-refractivity contribution in [3.8, 4) is 5.75 Å². The summed E-state index contributed by atoms with van der Waals surface area (Å²) in [6.07, 6.45) is 2.01. The van der Waals surface area contributed by atoms with Crippen LogP contribution in [-0.2, 0) is 6.54 Å². The van der Waals surface area contributed by atoms with Crippen molar-refractivity contribution >= 4 is 11.8 Å². The minimum atomic E-state index is -0.317. The molecule has 27 heavy (non-hydrogen) atoms. The maximum atomic E-state index is 12.7. The highest BCUT2D eigenvalue weighted by molar-refractivity contribution is 5.96. The van der Waals surface area contributed by atoms with Crippen LogP contribution in [0.3, 0.4) is 0 Å². The number of nitrogens with one attached hydrogen (secondary N) is 1. The fourth-order valence-electron chi connectivity index (χ4n) is 3.17. The molecule has 0 radical (unpaired) electrons. The second kappa shape index (κ2) is 8.66. The number of aromatic nitrogens is 1. The number of ether oxygens (including phenoxy) is 1. The van der Waals surface area contributed by atoms with E-state index in [1.165, 1.54) is 0 Å². The number of para-hydroxylation sites is 1. The van der Waals surface area contributed by atoms with Gasteiger partial charge < -0.3 is 15.0 Å². The third kappa shape index (κ3) is 4.64. The van der Waals surface area contributed by atoms with Crippen LogP contribution in [0.2, 0.25) is 0 Å². The van der Waals surface area contributed by atoms with E-state index in [9.17, 15) is 9.59 Å². The predicted molar refractivity (Wildman–Crippen MR) is 103 cm³/mol. The van der Waals surface area contributed by atoms with Crippen LogP contribution in [0.25, 0.3) is 0 Å². The van der Waals surface area contributed by atoms with Crippen LogP contribution in [0.5, 0.6) is 5.75 Å². The Balaban J connectivity index is 1.66. The molecule has 2 aromatic rings. The Morgan fingerprint density at radius 3 is 2.56 bits per heavy atom. The maximum absolute atomic E-state index is 12.7. The van der Waals surface area contributed by atoms with E-state index in [0.29, 0.717) is 23.9 Å². The first-order valence-electron chi connectivity index (χ1n) is 9.25. The number of benzene rings is 1. The number of methoxy groups -OCH3 is 1. The van der Waals surface area contributed by atoms with Crippen LogP contribution in [0.1, 0.15) is 46.3 Å². The third-order valence-electron chi connectivity index (χ3n) is 4.90. The Hall–Kier alpha value is -2.89. The van der Waals surface area contributed by atoms with Crippen LogP contribution in [-0.4, -0.2) is 41.9 Å². The van der Waals surface area contributed by atoms with E-state index in [-0.39, 0.29) is 17.5 Å². The van der Waals surface area contributed by atoms with Crippen molar-refractivity contribution in [2.75, 3.05) is 20.2 Å². The molecular weight excluding hydrogens is 342 g/mol. The van der Waals surface area contributed by atoms with Crippen LogP contribution in [0.4, 0.5) is 0 Å². The van der Waals surface area contributed by atoms with Gasteiger partial charge in [0.15, 0.2) is 0 Å². The normalized spacial score (nSPS) is 14.7. The molecule has 1 aliphatic rings. The minimum Gasteiger partial charge on any atom is -0.496 e. The van der Waals surface area contributed by atoms with Gasteiger partial charge in [-0.1, -0.05) is 31.2 Å². The van der Waals surface area contributed by atoms with Crippen molar-refractivity contribution in [3.05, 3.63) is 59.4 Å². The van der Waals surface area contributed by atoms with Crippen LogP contribution in [0.15, 0.2) is 42.5 Å². The number of carbonyl (C=O) groups excluding carboxylic acids is 2. The van der Waals surface area contributed by atoms with E-state index in [1.54, 1.807) is 25.3 Å². The molecule has 6 nitrogen and oxygen atoms in total. The first-order valence-corrected chi connectivity index (χ1v) is 9.25. The Kier molecular flexibility index (Phi) is 6.06. The predicted octanol–water partition coefficient (Wildman–Crippen LogP) is 2.89. The number of nitrogens with zero attached hydrogens (tertiary/aromatic N) is 2. The summed E-state index contributed by atoms with van der Waals surface area (Å²) in [5.74, 6) is 0.937. The van der Waals surface area contributed by atoms with Crippen LogP contribution >= 0.6 is 0 Å². The van der Waals surface area contributed by atoms with E-state index < -0.39 is 0 Å². The lowest BCUT2D eigenvalue weighted by Gasteiger charge is -2.30. The number of rotatable bonds is 5. The van der Waals surface area contributed by atoms with Gasteiger partial charge in [-0.15, -0.1) is 0 Å². The van der Waals surface area contributed by atoms with Gasteiger partial charge in [0.25, 0.3) is 11.8 Å². The first-order chi connectivity index (χ1) is 13.1. The van der Waals surface area contributed by atoms with Gasteiger partial charge in [0, 0.05) is 25.2 Å². The van der Waals surface area contributed by atoms with Crippen LogP contribution < -0.4 is 10.1 Å². The SMILES string of the molecule is COc1ccccc1CNC(=O)c1cccc(C(=O)N2CCC(C)CC2)n1. The van der Waals surface area contributed by atoms with E-state index in [1.807, 2.05) is 29.2 Å². The highest BCUT2D eigenvalue weighted by atomic mass is 16.5. The summed E-state index contributed by atoms with van der Waals surface area (Å²) >= 11 is 0. The molecule has 0 saturated carbocycles. The molecule has 0 aliphatic carbocycles. The van der Waals surface area contributed by atoms with Gasteiger partial charge in [-0.3, -0.25) is 9.59 Å². The van der Waals surface area contributed by atoms with E-state index >= 15 is 0 Å². The Morgan fingerprint density at radius 2 is 1.81 bits per heavy atom. The number of carbonyl (C=O) groups is 2. The van der Waals surface area contributed by atoms with Gasteiger partial charge in [-0.25, -0.2) is 4.98 Å². The number of hydrogen-bond acceptors (Lipinski definition) is 4. The minimum absolute atomic E-state index is 0.110. The summed E-state index contributed by atoms with van der Waals surface area (Å²) in [5, 5.41) is 2.84. The number of pyridine rings is 1. The maximum Gasteiger partial charge on any atom is 0.272 e. The number of likely N-dealkylation sites (tertiary alicyclic amines) is 1. The largest absolute Gasteiger partial charge is 0.496 e. The molecule has 1 aromatic carbocycles. The average molecular weight is 367 g/mol. The van der Waals surface area contributed by atoms with Crippen LogP contribution in [0, 0.1) is 5.92 Å². The number of piperidine rings is 1. The van der Waals surface area contributed by atoms with E-state index in [2.05, 4.69) is 17.2 Å². The molecule has 0 unspecified atom stereocenters. The molecule has 0 spiro atoms. The van der Waals surface area contributed by atoms with Crippen molar-refractivity contribution in [1.29, 1.82) is 0 Å². The molecule has 0 atom stereocenters. The Labute approximate surface area is 159 Å². The average Bonchev–Trinajstić information content (AvgIpc) is 2.72. The molecule has 1 N–H and O–H groups in total. The monoisotopic (exact) mass is 367 g/mol. The standard InChI is InChI=1S/C21H25N3O3/c1-15-10-12-24(13-11-15)21(26)18-8-5-7-17(23-18)20(25)22-14-16-6-3-4-9-19(16)27-2/h3-9,15H,10-14H2,1-2H3,(H,22,25). The lowest BCUT2D eigenvalue weighted by molar-refractivity contribution is 0.0691. The fraction of sp³-hybridized carbons (Fsp3) is 0.381. The third-order valence-corrected chi connectivity index (χ3v) is 4.90. The summed E-state index contributed by atoms with van der Waals surface area (Å²) in [6, 6.07) is 12.5. The molecule has 1 fully saturated rings.